The topological polar surface area (TPSA) is 85.3 Å². The summed E-state index contributed by atoms with van der Waals surface area (Å²) in [5, 5.41) is 19.2. The standard InChI is InChI=1S/C29H48N2O5Si/c1-21(2)37(22(3)4,23(5)6)36-19-25(8)24(7)18-35-29(28(32)17-31-30)11-10-16-34-20-26-12-14-27(33-9)15-13-26/h12-15,17,21-23,25,29H,7,10-11,16,18-20H2,1-6,8-9H3/p+1/b28-17-/t25-,29-/m1/s1. The molecule has 0 aliphatic rings. The van der Waals surface area contributed by atoms with E-state index in [0.717, 1.165) is 23.1 Å². The first-order valence-electron chi connectivity index (χ1n) is 13.4. The fraction of sp³-hybridized carbons (Fsp3) is 0.655. The summed E-state index contributed by atoms with van der Waals surface area (Å²) in [6.07, 6.45) is 1.58. The molecule has 1 rings (SSSR count). The number of nitrogens with zero attached hydrogens (tertiary/aromatic N) is 2. The summed E-state index contributed by atoms with van der Waals surface area (Å²) in [6.45, 7) is 21.9. The second-order valence-corrected chi connectivity index (χ2v) is 16.2. The predicted octanol–water partition coefficient (Wildman–Crippen LogP) is 8.01. The average molecular weight is 534 g/mol. The van der Waals surface area contributed by atoms with E-state index in [-0.39, 0.29) is 18.3 Å². The fourth-order valence-corrected chi connectivity index (χ4v) is 10.5. The van der Waals surface area contributed by atoms with Gasteiger partial charge in [-0.05, 0) is 52.7 Å². The Morgan fingerprint density at radius 1 is 1.05 bits per heavy atom. The van der Waals surface area contributed by atoms with E-state index in [1.54, 1.807) is 7.11 Å². The van der Waals surface area contributed by atoms with Crippen LogP contribution in [0.3, 0.4) is 0 Å². The summed E-state index contributed by atoms with van der Waals surface area (Å²) in [4.78, 5) is 2.95. The van der Waals surface area contributed by atoms with Gasteiger partial charge in [0.2, 0.25) is 11.2 Å². The molecular formula is C29H49N2O5Si+. The van der Waals surface area contributed by atoms with Crippen LogP contribution in [0.4, 0.5) is 0 Å². The zero-order valence-corrected chi connectivity index (χ0v) is 25.2. The number of diazo groups is 1. The minimum Gasteiger partial charge on any atom is -0.504 e. The van der Waals surface area contributed by atoms with E-state index in [2.05, 4.69) is 60.0 Å². The van der Waals surface area contributed by atoms with Crippen molar-refractivity contribution in [3.05, 3.63) is 58.9 Å². The van der Waals surface area contributed by atoms with Crippen LogP contribution in [0, 0.1) is 11.3 Å². The maximum atomic E-state index is 10.3. The number of hydrogen-bond acceptors (Lipinski definition) is 6. The molecule has 1 aromatic carbocycles. The molecule has 0 unspecified atom stereocenters. The molecule has 8 heteroatoms. The Hall–Kier alpha value is -2.18. The summed E-state index contributed by atoms with van der Waals surface area (Å²) >= 11 is 0. The molecule has 0 radical (unpaired) electrons. The van der Waals surface area contributed by atoms with Crippen LogP contribution in [0.15, 0.2) is 48.4 Å². The quantitative estimate of drug-likeness (QED) is 0.0676. The third kappa shape index (κ3) is 10.2. The van der Waals surface area contributed by atoms with Gasteiger partial charge in [0.05, 0.1) is 20.3 Å². The van der Waals surface area contributed by atoms with Gasteiger partial charge in [0.15, 0.2) is 13.3 Å². The van der Waals surface area contributed by atoms with E-state index in [0.29, 0.717) is 49.3 Å². The number of ether oxygens (including phenoxy) is 3. The highest BCUT2D eigenvalue weighted by molar-refractivity contribution is 6.77. The molecule has 7 nitrogen and oxygen atoms in total. The number of methoxy groups -OCH3 is 1. The second kappa shape index (κ2) is 16.6. The Labute approximate surface area is 225 Å². The molecule has 0 saturated heterocycles. The number of aliphatic hydroxyl groups excluding tert-OH is 1. The minimum absolute atomic E-state index is 0.116. The molecule has 0 bridgehead atoms. The largest absolute Gasteiger partial charge is 0.504 e. The van der Waals surface area contributed by atoms with Crippen molar-refractivity contribution in [2.24, 2.45) is 5.92 Å². The summed E-state index contributed by atoms with van der Waals surface area (Å²) in [5.74, 6) is 0.800. The lowest BCUT2D eigenvalue weighted by Crippen LogP contribution is -2.48. The number of aliphatic hydroxyl groups is 1. The van der Waals surface area contributed by atoms with Gasteiger partial charge < -0.3 is 23.7 Å². The Morgan fingerprint density at radius 3 is 2.16 bits per heavy atom. The SMILES string of the molecule is C=C(CO[C@H](CCCOCc1ccc(OC)cc1)/C(O)=C/[N+]#N)[C@H](C)CO[Si](C(C)C)(C(C)C)C(C)C. The summed E-state index contributed by atoms with van der Waals surface area (Å²) < 4.78 is 23.7. The van der Waals surface area contributed by atoms with Gasteiger partial charge in [-0.2, -0.15) is 0 Å². The summed E-state index contributed by atoms with van der Waals surface area (Å²) in [6, 6.07) is 7.74. The third-order valence-corrected chi connectivity index (χ3v) is 13.2. The monoisotopic (exact) mass is 533 g/mol. The van der Waals surface area contributed by atoms with Gasteiger partial charge in [0, 0.05) is 19.1 Å². The van der Waals surface area contributed by atoms with E-state index < -0.39 is 14.4 Å². The predicted molar refractivity (Wildman–Crippen MR) is 153 cm³/mol. The summed E-state index contributed by atoms with van der Waals surface area (Å²) in [5.41, 5.74) is 3.52. The molecule has 0 amide bonds. The third-order valence-electron chi connectivity index (χ3n) is 7.16. The maximum Gasteiger partial charge on any atom is 0.390 e. The van der Waals surface area contributed by atoms with Gasteiger partial charge in [0.1, 0.15) is 11.9 Å². The highest BCUT2D eigenvalue weighted by Crippen LogP contribution is 2.42. The Morgan fingerprint density at radius 2 is 1.65 bits per heavy atom. The molecule has 0 spiro atoms. The molecule has 0 heterocycles. The first-order valence-corrected chi connectivity index (χ1v) is 15.5. The molecule has 2 atom stereocenters. The zero-order valence-electron chi connectivity index (χ0n) is 24.2. The van der Waals surface area contributed by atoms with Gasteiger partial charge in [-0.1, -0.05) is 67.2 Å². The van der Waals surface area contributed by atoms with Crippen molar-refractivity contribution in [2.45, 2.75) is 90.6 Å². The molecule has 0 aliphatic heterocycles. The fourth-order valence-electron chi connectivity index (χ4n) is 4.98. The van der Waals surface area contributed by atoms with Crippen LogP contribution in [0.5, 0.6) is 5.75 Å². The van der Waals surface area contributed by atoms with Crippen molar-refractivity contribution in [2.75, 3.05) is 26.9 Å². The van der Waals surface area contributed by atoms with E-state index in [1.807, 2.05) is 24.3 Å². The second-order valence-electron chi connectivity index (χ2n) is 10.7. The molecule has 0 aromatic heterocycles. The van der Waals surface area contributed by atoms with Crippen LogP contribution >= 0.6 is 0 Å². The van der Waals surface area contributed by atoms with Crippen molar-refractivity contribution in [3.8, 4) is 5.75 Å². The van der Waals surface area contributed by atoms with Crippen molar-refractivity contribution >= 4 is 8.32 Å². The molecule has 0 saturated carbocycles. The highest BCUT2D eigenvalue weighted by Gasteiger charge is 2.45. The van der Waals surface area contributed by atoms with Crippen LogP contribution in [0.2, 0.25) is 16.6 Å². The van der Waals surface area contributed by atoms with Crippen LogP contribution in [0.1, 0.15) is 66.9 Å². The number of benzene rings is 1. The molecule has 0 aliphatic carbocycles. The van der Waals surface area contributed by atoms with Crippen molar-refractivity contribution < 1.29 is 23.7 Å². The molecular weight excluding hydrogens is 484 g/mol. The smallest absolute Gasteiger partial charge is 0.390 e. The van der Waals surface area contributed by atoms with Gasteiger partial charge in [-0.25, -0.2) is 0 Å². The average Bonchev–Trinajstić information content (AvgIpc) is 2.85. The van der Waals surface area contributed by atoms with Crippen LogP contribution in [0.25, 0.3) is 4.98 Å². The lowest BCUT2D eigenvalue weighted by atomic mass is 10.1. The Kier molecular flexibility index (Phi) is 14.8. The molecule has 208 valence electrons. The normalized spacial score (nSPS) is 14.2. The van der Waals surface area contributed by atoms with E-state index in [4.69, 9.17) is 24.0 Å². The highest BCUT2D eigenvalue weighted by atomic mass is 28.4. The Balaban J connectivity index is 2.59. The first kappa shape index (κ1) is 32.8. The van der Waals surface area contributed by atoms with Gasteiger partial charge in [0.25, 0.3) is 0 Å². The van der Waals surface area contributed by atoms with Crippen LogP contribution in [-0.4, -0.2) is 46.5 Å². The van der Waals surface area contributed by atoms with Gasteiger partial charge in [-0.3, -0.25) is 0 Å². The van der Waals surface area contributed by atoms with Crippen LogP contribution in [-0.2, 0) is 20.5 Å². The van der Waals surface area contributed by atoms with Gasteiger partial charge in [-0.15, -0.1) is 0 Å². The molecule has 37 heavy (non-hydrogen) atoms. The maximum absolute atomic E-state index is 10.3. The zero-order chi connectivity index (χ0) is 28.0. The van der Waals surface area contributed by atoms with Crippen molar-refractivity contribution in [1.29, 1.82) is 5.39 Å². The van der Waals surface area contributed by atoms with Crippen LogP contribution < -0.4 is 4.74 Å². The molecule has 1 aromatic rings. The summed E-state index contributed by atoms with van der Waals surface area (Å²) in [7, 11) is -0.317. The van der Waals surface area contributed by atoms with E-state index in [9.17, 15) is 5.11 Å². The number of hydrogen-bond donors (Lipinski definition) is 1. The molecule has 0 fully saturated rings. The lowest BCUT2D eigenvalue weighted by Gasteiger charge is -2.43. The van der Waals surface area contributed by atoms with Crippen molar-refractivity contribution in [3.63, 3.8) is 0 Å². The Bertz CT molecular complexity index is 856. The number of rotatable bonds is 18. The van der Waals surface area contributed by atoms with E-state index in [1.165, 1.54) is 0 Å². The minimum atomic E-state index is -1.96. The first-order chi connectivity index (χ1) is 17.5. The molecule has 1 N–H and O–H groups in total. The van der Waals surface area contributed by atoms with Crippen molar-refractivity contribution in [1.82, 2.24) is 0 Å². The lowest BCUT2D eigenvalue weighted by molar-refractivity contribution is 0.0417. The van der Waals surface area contributed by atoms with E-state index >= 15 is 0 Å². The van der Waals surface area contributed by atoms with Gasteiger partial charge >= 0.3 is 6.20 Å².